The summed E-state index contributed by atoms with van der Waals surface area (Å²) in [6.07, 6.45) is 1.58. The monoisotopic (exact) mass is 368 g/mol. The van der Waals surface area contributed by atoms with Gasteiger partial charge in [-0.25, -0.2) is 0 Å². The lowest BCUT2D eigenvalue weighted by atomic mass is 10.1. The van der Waals surface area contributed by atoms with Crippen LogP contribution >= 0.6 is 11.6 Å². The zero-order valence-electron chi connectivity index (χ0n) is 14.8. The molecule has 0 bridgehead atoms. The van der Waals surface area contributed by atoms with E-state index in [-0.39, 0.29) is 10.6 Å². The fraction of sp³-hybridized carbons (Fsp3) is 0.200. The van der Waals surface area contributed by atoms with Crippen LogP contribution in [0.3, 0.4) is 0 Å². The molecule has 0 saturated carbocycles. The van der Waals surface area contributed by atoms with Crippen LogP contribution in [0.5, 0.6) is 0 Å². The first-order valence-corrected chi connectivity index (χ1v) is 8.72. The molecule has 0 spiro atoms. The molecule has 1 heterocycles. The molecule has 0 fully saturated rings. The summed E-state index contributed by atoms with van der Waals surface area (Å²) < 4.78 is 1.30. The van der Waals surface area contributed by atoms with Crippen molar-refractivity contribution < 1.29 is 0 Å². The van der Waals surface area contributed by atoms with Crippen molar-refractivity contribution >= 4 is 17.3 Å². The normalized spacial score (nSPS) is 10.9. The maximum atomic E-state index is 12.5. The molecule has 0 amide bonds. The number of hydrogen-bond acceptors (Lipinski definition) is 4. The molecule has 2 aromatic carbocycles. The van der Waals surface area contributed by atoms with E-state index in [1.807, 2.05) is 44.4 Å². The number of aromatic nitrogens is 2. The second-order valence-electron chi connectivity index (χ2n) is 6.33. The zero-order chi connectivity index (χ0) is 18.5. The summed E-state index contributed by atoms with van der Waals surface area (Å²) in [6, 6.07) is 17.5. The molecular weight excluding hydrogens is 348 g/mol. The van der Waals surface area contributed by atoms with Crippen LogP contribution in [0, 0.1) is 0 Å². The number of nitrogens with one attached hydrogen (secondary N) is 1. The molecule has 0 aliphatic carbocycles. The molecule has 26 heavy (non-hydrogen) atoms. The van der Waals surface area contributed by atoms with E-state index in [4.69, 9.17) is 11.6 Å². The van der Waals surface area contributed by atoms with Crippen LogP contribution in [0.1, 0.15) is 11.1 Å². The summed E-state index contributed by atoms with van der Waals surface area (Å²) in [5, 5.41) is 7.54. The second kappa shape index (κ2) is 8.17. The highest BCUT2D eigenvalue weighted by Gasteiger charge is 2.10. The van der Waals surface area contributed by atoms with E-state index in [9.17, 15) is 4.79 Å². The van der Waals surface area contributed by atoms with Crippen molar-refractivity contribution in [3.8, 4) is 5.69 Å². The standard InChI is InChI=1S/C20H21ClN4O/c1-24(2)14-16-10-8-15(9-11-16)12-22-18-13-23-25(20(26)19(18)21)17-6-4-3-5-7-17/h3-11,13,22H,12,14H2,1-2H3. The second-order valence-corrected chi connectivity index (χ2v) is 6.71. The average molecular weight is 369 g/mol. The number of hydrogen-bond donors (Lipinski definition) is 1. The zero-order valence-corrected chi connectivity index (χ0v) is 15.6. The van der Waals surface area contributed by atoms with E-state index in [1.54, 1.807) is 6.20 Å². The Labute approximate surface area is 157 Å². The van der Waals surface area contributed by atoms with Crippen molar-refractivity contribution in [2.24, 2.45) is 0 Å². The van der Waals surface area contributed by atoms with Crippen molar-refractivity contribution in [1.29, 1.82) is 0 Å². The van der Waals surface area contributed by atoms with Gasteiger partial charge in [0.05, 0.1) is 17.6 Å². The Morgan fingerprint density at radius 2 is 1.69 bits per heavy atom. The highest BCUT2D eigenvalue weighted by Crippen LogP contribution is 2.18. The molecule has 1 aromatic heterocycles. The minimum Gasteiger partial charge on any atom is -0.378 e. The third kappa shape index (κ3) is 4.31. The molecule has 1 N–H and O–H groups in total. The summed E-state index contributed by atoms with van der Waals surface area (Å²) in [5.41, 5.74) is 3.23. The predicted molar refractivity (Wildman–Crippen MR) is 106 cm³/mol. The Morgan fingerprint density at radius 1 is 1.04 bits per heavy atom. The van der Waals surface area contributed by atoms with Crippen molar-refractivity contribution in [3.63, 3.8) is 0 Å². The molecule has 0 radical (unpaired) electrons. The van der Waals surface area contributed by atoms with Crippen molar-refractivity contribution in [3.05, 3.63) is 87.3 Å². The molecule has 6 heteroatoms. The van der Waals surface area contributed by atoms with Gasteiger partial charge in [0.15, 0.2) is 0 Å². The molecule has 3 aromatic rings. The van der Waals surface area contributed by atoms with Crippen molar-refractivity contribution in [2.75, 3.05) is 19.4 Å². The summed E-state index contributed by atoms with van der Waals surface area (Å²) >= 11 is 6.26. The van der Waals surface area contributed by atoms with Crippen molar-refractivity contribution in [2.45, 2.75) is 13.1 Å². The Hall–Kier alpha value is -2.63. The number of nitrogens with zero attached hydrogens (tertiary/aromatic N) is 3. The first-order chi connectivity index (χ1) is 12.5. The largest absolute Gasteiger partial charge is 0.378 e. The Kier molecular flexibility index (Phi) is 5.71. The van der Waals surface area contributed by atoms with Gasteiger partial charge in [0.1, 0.15) is 5.02 Å². The fourth-order valence-electron chi connectivity index (χ4n) is 2.63. The van der Waals surface area contributed by atoms with E-state index < -0.39 is 0 Å². The number of para-hydroxylation sites is 1. The minimum absolute atomic E-state index is 0.132. The molecule has 0 unspecified atom stereocenters. The Morgan fingerprint density at radius 3 is 2.35 bits per heavy atom. The number of anilines is 1. The lowest BCUT2D eigenvalue weighted by Crippen LogP contribution is -2.22. The van der Waals surface area contributed by atoms with E-state index >= 15 is 0 Å². The van der Waals surface area contributed by atoms with Gasteiger partial charge in [0.2, 0.25) is 0 Å². The topological polar surface area (TPSA) is 50.2 Å². The van der Waals surface area contributed by atoms with Crippen LogP contribution in [0.4, 0.5) is 5.69 Å². The van der Waals surface area contributed by atoms with Gasteiger partial charge in [0, 0.05) is 13.1 Å². The van der Waals surface area contributed by atoms with Gasteiger partial charge in [-0.05, 0) is 37.4 Å². The average Bonchev–Trinajstić information content (AvgIpc) is 2.64. The number of halogens is 1. The van der Waals surface area contributed by atoms with Crippen molar-refractivity contribution in [1.82, 2.24) is 14.7 Å². The van der Waals surface area contributed by atoms with Gasteiger partial charge < -0.3 is 10.2 Å². The molecular formula is C20H21ClN4O. The predicted octanol–water partition coefficient (Wildman–Crippen LogP) is 3.56. The number of benzene rings is 2. The van der Waals surface area contributed by atoms with Crippen LogP contribution in [0.15, 0.2) is 65.6 Å². The maximum absolute atomic E-state index is 12.5. The maximum Gasteiger partial charge on any atom is 0.292 e. The van der Waals surface area contributed by atoms with Gasteiger partial charge in [-0.1, -0.05) is 54.1 Å². The lowest BCUT2D eigenvalue weighted by molar-refractivity contribution is 0.402. The molecule has 0 saturated heterocycles. The summed E-state index contributed by atoms with van der Waals surface area (Å²) in [5.74, 6) is 0. The molecule has 0 aliphatic rings. The van der Waals surface area contributed by atoms with Gasteiger partial charge in [0.25, 0.3) is 5.56 Å². The van der Waals surface area contributed by atoms with E-state index in [0.717, 1.165) is 12.1 Å². The highest BCUT2D eigenvalue weighted by molar-refractivity contribution is 6.32. The quantitative estimate of drug-likeness (QED) is 0.722. The minimum atomic E-state index is -0.343. The Bertz CT molecular complexity index is 921. The van der Waals surface area contributed by atoms with Crippen LogP contribution in [-0.4, -0.2) is 28.8 Å². The smallest absolute Gasteiger partial charge is 0.292 e. The molecule has 134 valence electrons. The third-order valence-corrected chi connectivity index (χ3v) is 4.29. The van der Waals surface area contributed by atoms with Gasteiger partial charge in [-0.15, -0.1) is 0 Å². The molecule has 0 aliphatic heterocycles. The lowest BCUT2D eigenvalue weighted by Gasteiger charge is -2.12. The van der Waals surface area contributed by atoms with Gasteiger partial charge >= 0.3 is 0 Å². The summed E-state index contributed by atoms with van der Waals surface area (Å²) in [7, 11) is 4.09. The molecule has 5 nitrogen and oxygen atoms in total. The highest BCUT2D eigenvalue weighted by atomic mass is 35.5. The number of rotatable bonds is 6. The van der Waals surface area contributed by atoms with Gasteiger partial charge in [-0.2, -0.15) is 9.78 Å². The first-order valence-electron chi connectivity index (χ1n) is 8.34. The SMILES string of the molecule is CN(C)Cc1ccc(CNc2cnn(-c3ccccc3)c(=O)c2Cl)cc1. The van der Waals surface area contributed by atoms with Crippen LogP contribution < -0.4 is 10.9 Å². The third-order valence-electron chi connectivity index (χ3n) is 3.92. The summed E-state index contributed by atoms with van der Waals surface area (Å²) in [6.45, 7) is 1.47. The van der Waals surface area contributed by atoms with Crippen LogP contribution in [0.2, 0.25) is 5.02 Å². The van der Waals surface area contributed by atoms with Gasteiger partial charge in [-0.3, -0.25) is 4.79 Å². The summed E-state index contributed by atoms with van der Waals surface area (Å²) in [4.78, 5) is 14.6. The molecule has 0 atom stereocenters. The molecule has 3 rings (SSSR count). The van der Waals surface area contributed by atoms with E-state index in [1.165, 1.54) is 10.2 Å². The van der Waals surface area contributed by atoms with Crippen LogP contribution in [-0.2, 0) is 13.1 Å². The Balaban J connectivity index is 1.73. The first kappa shape index (κ1) is 18.2. The van der Waals surface area contributed by atoms with Crippen LogP contribution in [0.25, 0.3) is 5.69 Å². The fourth-order valence-corrected chi connectivity index (χ4v) is 2.83. The van der Waals surface area contributed by atoms with E-state index in [2.05, 4.69) is 39.6 Å². The van der Waals surface area contributed by atoms with E-state index in [0.29, 0.717) is 17.9 Å².